The monoisotopic (exact) mass is 230 g/mol. The van der Waals surface area contributed by atoms with Gasteiger partial charge in [-0.3, -0.25) is 4.79 Å². The molecule has 2 aliphatic rings. The predicted octanol–water partition coefficient (Wildman–Crippen LogP) is 1.83. The number of rotatable bonds is 2. The van der Waals surface area contributed by atoms with E-state index in [9.17, 15) is 9.59 Å². The Hall–Kier alpha value is -1.84. The molecule has 0 spiro atoms. The fraction of sp³-hybridized carbons (Fsp3) is 0.385. The van der Waals surface area contributed by atoms with Crippen molar-refractivity contribution in [2.75, 3.05) is 4.90 Å². The molecule has 4 heteroatoms. The van der Waals surface area contributed by atoms with Crippen molar-refractivity contribution < 1.29 is 9.59 Å². The number of nitrogens with zero attached hydrogens (tertiary/aromatic N) is 1. The van der Waals surface area contributed by atoms with Crippen molar-refractivity contribution >= 4 is 17.6 Å². The van der Waals surface area contributed by atoms with Crippen molar-refractivity contribution in [1.82, 2.24) is 5.32 Å². The van der Waals surface area contributed by atoms with Gasteiger partial charge in [0.2, 0.25) is 0 Å². The average Bonchev–Trinajstić information content (AvgIpc) is 3.06. The highest BCUT2D eigenvalue weighted by atomic mass is 16.2. The minimum absolute atomic E-state index is 0.108. The van der Waals surface area contributed by atoms with Gasteiger partial charge in [0.15, 0.2) is 0 Å². The number of aryl methyl sites for hydroxylation is 1. The van der Waals surface area contributed by atoms with Crippen LogP contribution in [-0.4, -0.2) is 18.0 Å². The molecule has 1 atom stereocenters. The first-order valence-electron chi connectivity index (χ1n) is 5.88. The second kappa shape index (κ2) is 3.58. The molecular weight excluding hydrogens is 216 g/mol. The summed E-state index contributed by atoms with van der Waals surface area (Å²) < 4.78 is 0. The third-order valence-corrected chi connectivity index (χ3v) is 3.32. The molecule has 1 N–H and O–H groups in total. The van der Waals surface area contributed by atoms with Crippen LogP contribution in [0.4, 0.5) is 10.5 Å². The van der Waals surface area contributed by atoms with Crippen molar-refractivity contribution in [2.45, 2.75) is 25.8 Å². The van der Waals surface area contributed by atoms with Gasteiger partial charge >= 0.3 is 6.03 Å². The Labute approximate surface area is 99.6 Å². The first-order chi connectivity index (χ1) is 8.16. The minimum Gasteiger partial charge on any atom is -0.325 e. The van der Waals surface area contributed by atoms with Crippen LogP contribution < -0.4 is 10.2 Å². The second-order valence-corrected chi connectivity index (χ2v) is 4.78. The third-order valence-electron chi connectivity index (χ3n) is 3.32. The summed E-state index contributed by atoms with van der Waals surface area (Å²) in [6.07, 6.45) is 2.08. The summed E-state index contributed by atoms with van der Waals surface area (Å²) in [7, 11) is 0. The molecule has 1 heterocycles. The van der Waals surface area contributed by atoms with Gasteiger partial charge in [-0.1, -0.05) is 12.1 Å². The van der Waals surface area contributed by atoms with Gasteiger partial charge in [-0.2, -0.15) is 0 Å². The van der Waals surface area contributed by atoms with Crippen LogP contribution in [0.15, 0.2) is 24.3 Å². The smallest absolute Gasteiger partial charge is 0.325 e. The van der Waals surface area contributed by atoms with Gasteiger partial charge in [-0.15, -0.1) is 0 Å². The van der Waals surface area contributed by atoms with Gasteiger partial charge in [-0.05, 0) is 43.4 Å². The maximum Gasteiger partial charge on any atom is 0.329 e. The van der Waals surface area contributed by atoms with Crippen molar-refractivity contribution in [1.29, 1.82) is 0 Å². The van der Waals surface area contributed by atoms with E-state index in [2.05, 4.69) is 5.32 Å². The summed E-state index contributed by atoms with van der Waals surface area (Å²) in [5.41, 5.74) is 1.70. The minimum atomic E-state index is -0.303. The van der Waals surface area contributed by atoms with Crippen LogP contribution >= 0.6 is 0 Å². The van der Waals surface area contributed by atoms with Gasteiger partial charge < -0.3 is 5.32 Å². The number of anilines is 1. The van der Waals surface area contributed by atoms with E-state index in [1.165, 1.54) is 4.90 Å². The molecule has 3 amide bonds. The molecule has 1 aliphatic carbocycles. The van der Waals surface area contributed by atoms with Crippen LogP contribution in [0.1, 0.15) is 18.4 Å². The third kappa shape index (κ3) is 1.69. The Morgan fingerprint density at radius 2 is 2.06 bits per heavy atom. The molecule has 0 radical (unpaired) electrons. The summed E-state index contributed by atoms with van der Waals surface area (Å²) >= 11 is 0. The number of hydrogen-bond donors (Lipinski definition) is 1. The number of nitrogens with one attached hydrogen (secondary N) is 1. The molecule has 1 saturated heterocycles. The Morgan fingerprint density at radius 3 is 2.71 bits per heavy atom. The van der Waals surface area contributed by atoms with E-state index >= 15 is 0 Å². The predicted molar refractivity (Wildman–Crippen MR) is 63.7 cm³/mol. The SMILES string of the molecule is Cc1cccc(N2C(=O)NC(C3CC3)C2=O)c1. The molecule has 88 valence electrons. The van der Waals surface area contributed by atoms with Gasteiger partial charge in [0.25, 0.3) is 5.91 Å². The lowest BCUT2D eigenvalue weighted by Crippen LogP contribution is -2.32. The van der Waals surface area contributed by atoms with E-state index in [0.717, 1.165) is 18.4 Å². The van der Waals surface area contributed by atoms with Gasteiger partial charge in [0.1, 0.15) is 6.04 Å². The summed E-state index contributed by atoms with van der Waals surface area (Å²) in [6.45, 7) is 1.94. The molecule has 17 heavy (non-hydrogen) atoms. The molecule has 2 fully saturated rings. The second-order valence-electron chi connectivity index (χ2n) is 4.78. The summed E-state index contributed by atoms with van der Waals surface area (Å²) in [5, 5.41) is 2.77. The van der Waals surface area contributed by atoms with Crippen molar-refractivity contribution in [3.63, 3.8) is 0 Å². The van der Waals surface area contributed by atoms with Gasteiger partial charge in [0.05, 0.1) is 5.69 Å². The van der Waals surface area contributed by atoms with E-state index in [4.69, 9.17) is 0 Å². The maximum atomic E-state index is 12.2. The molecule has 1 saturated carbocycles. The lowest BCUT2D eigenvalue weighted by molar-refractivity contribution is -0.118. The maximum absolute atomic E-state index is 12.2. The lowest BCUT2D eigenvalue weighted by Gasteiger charge is -2.13. The number of amides is 3. The largest absolute Gasteiger partial charge is 0.329 e. The number of urea groups is 1. The zero-order valence-electron chi connectivity index (χ0n) is 9.64. The molecule has 1 unspecified atom stereocenters. The number of benzene rings is 1. The van der Waals surface area contributed by atoms with Crippen LogP contribution in [0.2, 0.25) is 0 Å². The Kier molecular flexibility index (Phi) is 2.18. The lowest BCUT2D eigenvalue weighted by atomic mass is 10.1. The first kappa shape index (κ1) is 10.3. The zero-order chi connectivity index (χ0) is 12.0. The van der Waals surface area contributed by atoms with Crippen LogP contribution in [0.25, 0.3) is 0 Å². The van der Waals surface area contributed by atoms with E-state index in [-0.39, 0.29) is 18.0 Å². The summed E-state index contributed by atoms with van der Waals surface area (Å²) in [4.78, 5) is 25.2. The van der Waals surface area contributed by atoms with E-state index < -0.39 is 0 Å². The topological polar surface area (TPSA) is 49.4 Å². The fourth-order valence-electron chi connectivity index (χ4n) is 2.26. The molecule has 1 aromatic carbocycles. The van der Waals surface area contributed by atoms with E-state index in [0.29, 0.717) is 11.6 Å². The highest BCUT2D eigenvalue weighted by Gasteiger charge is 2.46. The molecule has 0 aromatic heterocycles. The Balaban J connectivity index is 1.92. The molecular formula is C13H14N2O2. The molecule has 4 nitrogen and oxygen atoms in total. The first-order valence-corrected chi connectivity index (χ1v) is 5.88. The van der Waals surface area contributed by atoms with Crippen molar-refractivity contribution in [2.24, 2.45) is 5.92 Å². The normalized spacial score (nSPS) is 24.1. The van der Waals surface area contributed by atoms with E-state index in [1.54, 1.807) is 6.07 Å². The molecule has 0 bridgehead atoms. The van der Waals surface area contributed by atoms with Crippen LogP contribution in [0.5, 0.6) is 0 Å². The molecule has 1 aromatic rings. The number of carbonyl (C=O) groups excluding carboxylic acids is 2. The Bertz CT molecular complexity index is 494. The van der Waals surface area contributed by atoms with Crippen molar-refractivity contribution in [3.05, 3.63) is 29.8 Å². The number of imide groups is 1. The molecule has 1 aliphatic heterocycles. The fourth-order valence-corrected chi connectivity index (χ4v) is 2.26. The average molecular weight is 230 g/mol. The Morgan fingerprint density at radius 1 is 1.29 bits per heavy atom. The van der Waals surface area contributed by atoms with Crippen LogP contribution in [-0.2, 0) is 4.79 Å². The molecule has 3 rings (SSSR count). The zero-order valence-corrected chi connectivity index (χ0v) is 9.64. The highest BCUT2D eigenvalue weighted by Crippen LogP contribution is 2.36. The van der Waals surface area contributed by atoms with Gasteiger partial charge in [0, 0.05) is 0 Å². The van der Waals surface area contributed by atoms with Crippen molar-refractivity contribution in [3.8, 4) is 0 Å². The van der Waals surface area contributed by atoms with Crippen LogP contribution in [0, 0.1) is 12.8 Å². The van der Waals surface area contributed by atoms with Crippen LogP contribution in [0.3, 0.4) is 0 Å². The quantitative estimate of drug-likeness (QED) is 0.788. The highest BCUT2D eigenvalue weighted by molar-refractivity contribution is 6.21. The van der Waals surface area contributed by atoms with Gasteiger partial charge in [-0.25, -0.2) is 9.69 Å². The standard InChI is InChI=1S/C13H14N2O2/c1-8-3-2-4-10(7-8)15-12(16)11(9-5-6-9)14-13(15)17/h2-4,7,9,11H,5-6H2,1H3,(H,14,17). The number of carbonyl (C=O) groups is 2. The number of hydrogen-bond acceptors (Lipinski definition) is 2. The summed E-state index contributed by atoms with van der Waals surface area (Å²) in [6, 6.07) is 6.85. The van der Waals surface area contributed by atoms with E-state index in [1.807, 2.05) is 25.1 Å². The summed E-state index contributed by atoms with van der Waals surface area (Å²) in [5.74, 6) is 0.240.